The van der Waals surface area contributed by atoms with Gasteiger partial charge in [-0.3, -0.25) is 0 Å². The number of halogens is 4. The van der Waals surface area contributed by atoms with Crippen LogP contribution in [-0.4, -0.2) is 17.3 Å². The van der Waals surface area contributed by atoms with E-state index < -0.39 is 23.1 Å². The largest absolute Gasteiger partial charge is 0.419 e. The minimum Gasteiger partial charge on any atom is -0.394 e. The molecule has 0 aliphatic heterocycles. The van der Waals surface area contributed by atoms with Crippen LogP contribution in [0.4, 0.5) is 17.6 Å². The molecule has 0 amide bonds. The highest BCUT2D eigenvalue weighted by Crippen LogP contribution is 2.32. The molecular weight excluding hydrogens is 274 g/mol. The summed E-state index contributed by atoms with van der Waals surface area (Å²) in [7, 11) is 0. The summed E-state index contributed by atoms with van der Waals surface area (Å²) in [4.78, 5) is 0. The van der Waals surface area contributed by atoms with Gasteiger partial charge in [0.05, 0.1) is 12.2 Å². The van der Waals surface area contributed by atoms with E-state index >= 15 is 0 Å². The van der Waals surface area contributed by atoms with Gasteiger partial charge in [0.15, 0.2) is 0 Å². The fraction of sp³-hybridized carbons (Fsp3) is 0.571. The van der Waals surface area contributed by atoms with Crippen LogP contribution in [0.3, 0.4) is 0 Å². The Labute approximate surface area is 115 Å². The second-order valence-electron chi connectivity index (χ2n) is 4.81. The molecule has 0 spiro atoms. The average molecular weight is 293 g/mol. The summed E-state index contributed by atoms with van der Waals surface area (Å²) >= 11 is 0. The van der Waals surface area contributed by atoms with Gasteiger partial charge >= 0.3 is 6.18 Å². The second-order valence-corrected chi connectivity index (χ2v) is 4.81. The van der Waals surface area contributed by atoms with E-state index in [1.165, 1.54) is 6.07 Å². The molecule has 114 valence electrons. The maximum atomic E-state index is 13.2. The highest BCUT2D eigenvalue weighted by molar-refractivity contribution is 5.27. The van der Waals surface area contributed by atoms with E-state index in [1.54, 1.807) is 0 Å². The lowest BCUT2D eigenvalue weighted by Crippen LogP contribution is -2.47. The monoisotopic (exact) mass is 293 g/mol. The number of nitrogens with one attached hydrogen (secondary N) is 1. The molecule has 6 heteroatoms. The van der Waals surface area contributed by atoms with Crippen molar-refractivity contribution in [2.24, 2.45) is 0 Å². The van der Waals surface area contributed by atoms with E-state index in [0.717, 1.165) is 12.1 Å². The van der Waals surface area contributed by atoms with Gasteiger partial charge in [0, 0.05) is 12.1 Å². The van der Waals surface area contributed by atoms with Crippen molar-refractivity contribution in [3.05, 3.63) is 35.1 Å². The van der Waals surface area contributed by atoms with Gasteiger partial charge in [-0.15, -0.1) is 0 Å². The smallest absolute Gasteiger partial charge is 0.394 e. The Morgan fingerprint density at radius 2 is 1.75 bits per heavy atom. The molecule has 0 unspecified atom stereocenters. The van der Waals surface area contributed by atoms with E-state index in [4.69, 9.17) is 0 Å². The predicted octanol–water partition coefficient (Wildman–Crippen LogP) is 3.49. The molecule has 0 bridgehead atoms. The van der Waals surface area contributed by atoms with Crippen LogP contribution in [0.1, 0.15) is 37.8 Å². The van der Waals surface area contributed by atoms with Crippen LogP contribution in [0.25, 0.3) is 0 Å². The van der Waals surface area contributed by atoms with E-state index in [0.29, 0.717) is 18.4 Å². The Morgan fingerprint density at radius 3 is 2.20 bits per heavy atom. The average Bonchev–Trinajstić information content (AvgIpc) is 2.41. The van der Waals surface area contributed by atoms with Crippen molar-refractivity contribution in [3.8, 4) is 0 Å². The third kappa shape index (κ3) is 3.93. The maximum Gasteiger partial charge on any atom is 0.419 e. The second kappa shape index (κ2) is 6.54. The molecule has 0 atom stereocenters. The molecule has 0 fully saturated rings. The van der Waals surface area contributed by atoms with Crippen LogP contribution < -0.4 is 5.32 Å². The number of hydrogen-bond donors (Lipinski definition) is 2. The van der Waals surface area contributed by atoms with Gasteiger partial charge in [-0.05, 0) is 30.5 Å². The summed E-state index contributed by atoms with van der Waals surface area (Å²) in [5.74, 6) is -1.28. The zero-order valence-corrected chi connectivity index (χ0v) is 11.5. The van der Waals surface area contributed by atoms with Crippen molar-refractivity contribution >= 4 is 0 Å². The Hall–Kier alpha value is -1.14. The minimum atomic E-state index is -4.70. The Balaban J connectivity index is 2.89. The lowest BCUT2D eigenvalue weighted by Gasteiger charge is -2.31. The minimum absolute atomic E-state index is 0.104. The van der Waals surface area contributed by atoms with Gasteiger partial charge in [0.1, 0.15) is 5.82 Å². The molecule has 0 aliphatic carbocycles. The molecule has 2 nitrogen and oxygen atoms in total. The topological polar surface area (TPSA) is 32.3 Å². The quantitative estimate of drug-likeness (QED) is 0.787. The molecule has 0 aliphatic rings. The third-order valence-electron chi connectivity index (χ3n) is 3.66. The first-order chi connectivity index (χ1) is 9.28. The summed E-state index contributed by atoms with van der Waals surface area (Å²) in [6.07, 6.45) is -3.41. The molecule has 1 rings (SSSR count). The van der Waals surface area contributed by atoms with Crippen LogP contribution in [0.5, 0.6) is 0 Å². The van der Waals surface area contributed by atoms with Crippen LogP contribution >= 0.6 is 0 Å². The number of benzene rings is 1. The van der Waals surface area contributed by atoms with Crippen LogP contribution in [0, 0.1) is 5.82 Å². The summed E-state index contributed by atoms with van der Waals surface area (Å²) in [6, 6.07) is 2.93. The zero-order valence-electron chi connectivity index (χ0n) is 11.5. The van der Waals surface area contributed by atoms with Gasteiger partial charge in [-0.2, -0.15) is 13.2 Å². The molecule has 0 radical (unpaired) electrons. The van der Waals surface area contributed by atoms with Gasteiger partial charge < -0.3 is 10.4 Å². The van der Waals surface area contributed by atoms with Crippen LogP contribution in [-0.2, 0) is 12.7 Å². The van der Waals surface area contributed by atoms with E-state index in [1.807, 2.05) is 13.8 Å². The molecule has 0 saturated carbocycles. The zero-order chi connectivity index (χ0) is 15.4. The summed E-state index contributed by atoms with van der Waals surface area (Å²) in [6.45, 7) is 3.82. The lowest BCUT2D eigenvalue weighted by atomic mass is 9.93. The van der Waals surface area contributed by atoms with Crippen molar-refractivity contribution in [2.75, 3.05) is 6.61 Å². The molecule has 0 saturated heterocycles. The molecular formula is C14H19F4NO. The molecule has 0 aromatic heterocycles. The Bertz CT molecular complexity index is 433. The third-order valence-corrected chi connectivity index (χ3v) is 3.66. The van der Waals surface area contributed by atoms with E-state index in [2.05, 4.69) is 5.32 Å². The Kier molecular flexibility index (Phi) is 5.53. The van der Waals surface area contributed by atoms with Gasteiger partial charge in [0.2, 0.25) is 0 Å². The van der Waals surface area contributed by atoms with Crippen molar-refractivity contribution in [2.45, 2.75) is 44.9 Å². The molecule has 1 aromatic rings. The van der Waals surface area contributed by atoms with Crippen molar-refractivity contribution in [1.29, 1.82) is 0 Å². The summed E-state index contributed by atoms with van der Waals surface area (Å²) in [5.41, 5.74) is -1.45. The van der Waals surface area contributed by atoms with Gasteiger partial charge in [0.25, 0.3) is 0 Å². The predicted molar refractivity (Wildman–Crippen MR) is 68.6 cm³/mol. The fourth-order valence-corrected chi connectivity index (χ4v) is 1.97. The molecule has 1 aromatic carbocycles. The first-order valence-electron chi connectivity index (χ1n) is 6.49. The lowest BCUT2D eigenvalue weighted by molar-refractivity contribution is -0.140. The Morgan fingerprint density at radius 1 is 1.15 bits per heavy atom. The summed E-state index contributed by atoms with van der Waals surface area (Å²) in [5, 5.41) is 12.4. The molecule has 0 heterocycles. The first-order valence-corrected chi connectivity index (χ1v) is 6.49. The summed E-state index contributed by atoms with van der Waals surface area (Å²) < 4.78 is 51.0. The van der Waals surface area contributed by atoms with Crippen LogP contribution in [0.2, 0.25) is 0 Å². The number of aliphatic hydroxyl groups is 1. The number of alkyl halides is 3. The molecule has 20 heavy (non-hydrogen) atoms. The molecule has 2 N–H and O–H groups in total. The maximum absolute atomic E-state index is 13.2. The van der Waals surface area contributed by atoms with E-state index in [-0.39, 0.29) is 13.2 Å². The number of rotatable bonds is 6. The standard InChI is InChI=1S/C14H19F4NO/c1-3-13(4-2,9-20)19-8-10-5-6-12(15)11(7-10)14(16,17)18/h5-7,19-20H,3-4,8-9H2,1-2H3. The van der Waals surface area contributed by atoms with Gasteiger partial charge in [-0.25, -0.2) is 4.39 Å². The number of hydrogen-bond acceptors (Lipinski definition) is 2. The highest BCUT2D eigenvalue weighted by atomic mass is 19.4. The number of aliphatic hydroxyl groups excluding tert-OH is 1. The van der Waals surface area contributed by atoms with Gasteiger partial charge in [-0.1, -0.05) is 19.9 Å². The normalized spacial score (nSPS) is 12.8. The van der Waals surface area contributed by atoms with Crippen LogP contribution in [0.15, 0.2) is 18.2 Å². The van der Waals surface area contributed by atoms with E-state index in [9.17, 15) is 22.7 Å². The van der Waals surface area contributed by atoms with Crippen molar-refractivity contribution in [1.82, 2.24) is 5.32 Å². The SMILES string of the molecule is CCC(CC)(CO)NCc1ccc(F)c(C(F)(F)F)c1. The highest BCUT2D eigenvalue weighted by Gasteiger charge is 2.34. The first kappa shape index (κ1) is 16.9. The fourth-order valence-electron chi connectivity index (χ4n) is 1.97. The van der Waals surface area contributed by atoms with Crippen molar-refractivity contribution in [3.63, 3.8) is 0 Å². The van der Waals surface area contributed by atoms with Crippen molar-refractivity contribution < 1.29 is 22.7 Å².